The lowest BCUT2D eigenvalue weighted by Gasteiger charge is -2.12. The van der Waals surface area contributed by atoms with Crippen molar-refractivity contribution in [1.82, 2.24) is 5.32 Å². The highest BCUT2D eigenvalue weighted by molar-refractivity contribution is 6.53. The van der Waals surface area contributed by atoms with E-state index in [-0.39, 0.29) is 18.3 Å². The summed E-state index contributed by atoms with van der Waals surface area (Å²) in [5.41, 5.74) is -0.318. The van der Waals surface area contributed by atoms with Crippen LogP contribution in [0.1, 0.15) is 18.9 Å². The predicted molar refractivity (Wildman–Crippen MR) is 65.4 cm³/mol. The number of hydrogen-bond acceptors (Lipinski definition) is 1. The van der Waals surface area contributed by atoms with Crippen LogP contribution in [0.15, 0.2) is 24.3 Å². The maximum atomic E-state index is 13.3. The van der Waals surface area contributed by atoms with Crippen LogP contribution in [0, 0.1) is 11.2 Å². The van der Waals surface area contributed by atoms with Crippen LogP contribution in [0.4, 0.5) is 4.39 Å². The first-order valence-corrected chi connectivity index (χ1v) is 6.02. The molecule has 1 amide bonds. The Morgan fingerprint density at radius 1 is 1.47 bits per heavy atom. The van der Waals surface area contributed by atoms with E-state index in [0.717, 1.165) is 0 Å². The molecule has 1 aliphatic rings. The third-order valence-corrected chi connectivity index (χ3v) is 4.26. The predicted octanol–water partition coefficient (Wildman–Crippen LogP) is 3.03. The molecular formula is C12H12Cl2FNO. The zero-order valence-electron chi connectivity index (χ0n) is 9.27. The van der Waals surface area contributed by atoms with Crippen molar-refractivity contribution in [3.05, 3.63) is 35.6 Å². The number of alkyl halides is 2. The Morgan fingerprint density at radius 2 is 2.06 bits per heavy atom. The van der Waals surface area contributed by atoms with Crippen molar-refractivity contribution >= 4 is 29.1 Å². The average Bonchev–Trinajstić information content (AvgIpc) is 2.78. The molecule has 0 bridgehead atoms. The van der Waals surface area contributed by atoms with Gasteiger partial charge in [0, 0.05) is 12.1 Å². The number of halogens is 3. The van der Waals surface area contributed by atoms with Gasteiger partial charge in [0.05, 0.1) is 5.41 Å². The Morgan fingerprint density at radius 3 is 2.59 bits per heavy atom. The Hall–Kier alpha value is -0.800. The summed E-state index contributed by atoms with van der Waals surface area (Å²) in [7, 11) is 0. The van der Waals surface area contributed by atoms with E-state index in [0.29, 0.717) is 12.0 Å². The Balaban J connectivity index is 1.97. The maximum absolute atomic E-state index is 13.3. The van der Waals surface area contributed by atoms with Crippen LogP contribution in [-0.2, 0) is 11.3 Å². The van der Waals surface area contributed by atoms with Crippen molar-refractivity contribution in [2.45, 2.75) is 24.2 Å². The van der Waals surface area contributed by atoms with Gasteiger partial charge in [0.1, 0.15) is 10.2 Å². The molecule has 2 rings (SSSR count). The average molecular weight is 276 g/mol. The summed E-state index contributed by atoms with van der Waals surface area (Å²) in [4.78, 5) is 11.8. The Bertz CT molecular complexity index is 464. The molecule has 1 aromatic carbocycles. The monoisotopic (exact) mass is 275 g/mol. The highest BCUT2D eigenvalue weighted by atomic mass is 35.5. The van der Waals surface area contributed by atoms with Crippen LogP contribution in [0.25, 0.3) is 0 Å². The number of nitrogens with one attached hydrogen (secondary N) is 1. The van der Waals surface area contributed by atoms with E-state index in [1.807, 2.05) is 0 Å². The molecule has 5 heteroatoms. The number of amides is 1. The van der Waals surface area contributed by atoms with E-state index in [2.05, 4.69) is 5.32 Å². The molecule has 92 valence electrons. The molecule has 1 aliphatic carbocycles. The lowest BCUT2D eigenvalue weighted by molar-refractivity contribution is -0.125. The van der Waals surface area contributed by atoms with E-state index < -0.39 is 9.75 Å². The second-order valence-electron chi connectivity index (χ2n) is 4.49. The molecule has 0 unspecified atom stereocenters. The largest absolute Gasteiger partial charge is 0.351 e. The third-order valence-electron chi connectivity index (χ3n) is 3.16. The summed E-state index contributed by atoms with van der Waals surface area (Å²) in [5, 5.41) is 2.65. The van der Waals surface area contributed by atoms with Gasteiger partial charge in [-0.15, -0.1) is 23.2 Å². The third kappa shape index (κ3) is 2.26. The van der Waals surface area contributed by atoms with Crippen molar-refractivity contribution < 1.29 is 9.18 Å². The number of hydrogen-bond donors (Lipinski definition) is 1. The summed E-state index contributed by atoms with van der Waals surface area (Å²) in [5.74, 6) is -0.581. The van der Waals surface area contributed by atoms with Gasteiger partial charge in [0.2, 0.25) is 5.91 Å². The molecule has 0 radical (unpaired) electrons. The van der Waals surface area contributed by atoms with Crippen LogP contribution < -0.4 is 5.32 Å². The van der Waals surface area contributed by atoms with E-state index in [1.54, 1.807) is 25.1 Å². The number of carbonyl (C=O) groups is 1. The quantitative estimate of drug-likeness (QED) is 0.845. The second kappa shape index (κ2) is 4.14. The first-order valence-electron chi connectivity index (χ1n) is 5.26. The molecule has 1 N–H and O–H groups in total. The van der Waals surface area contributed by atoms with Gasteiger partial charge in [-0.1, -0.05) is 18.2 Å². The van der Waals surface area contributed by atoms with Crippen molar-refractivity contribution in [3.8, 4) is 0 Å². The minimum atomic E-state index is -0.994. The number of rotatable bonds is 3. The van der Waals surface area contributed by atoms with E-state index >= 15 is 0 Å². The topological polar surface area (TPSA) is 29.1 Å². The van der Waals surface area contributed by atoms with Gasteiger partial charge < -0.3 is 5.32 Å². The number of carbonyl (C=O) groups excluding carboxylic acids is 1. The highest BCUT2D eigenvalue weighted by Crippen LogP contribution is 2.63. The molecule has 1 saturated carbocycles. The fourth-order valence-corrected chi connectivity index (χ4v) is 2.36. The van der Waals surface area contributed by atoms with Gasteiger partial charge in [-0.25, -0.2) is 4.39 Å². The smallest absolute Gasteiger partial charge is 0.229 e. The molecule has 0 aliphatic heterocycles. The molecule has 1 atom stereocenters. The van der Waals surface area contributed by atoms with Crippen molar-refractivity contribution in [3.63, 3.8) is 0 Å². The Kier molecular flexibility index (Phi) is 3.08. The molecular weight excluding hydrogens is 264 g/mol. The summed E-state index contributed by atoms with van der Waals surface area (Å²) < 4.78 is 12.3. The molecule has 2 nitrogen and oxygen atoms in total. The SMILES string of the molecule is C[C@@]1(C(=O)NCc2ccccc2F)CC1(Cl)Cl. The van der Waals surface area contributed by atoms with Crippen LogP contribution in [0.5, 0.6) is 0 Å². The minimum Gasteiger partial charge on any atom is -0.351 e. The van der Waals surface area contributed by atoms with E-state index in [1.165, 1.54) is 6.07 Å². The van der Waals surface area contributed by atoms with Gasteiger partial charge in [0.15, 0.2) is 0 Å². The second-order valence-corrected chi connectivity index (χ2v) is 5.97. The molecule has 0 heterocycles. The first-order chi connectivity index (χ1) is 7.87. The summed E-state index contributed by atoms with van der Waals surface area (Å²) >= 11 is 11.8. The standard InChI is InChI=1S/C12H12Cl2FNO/c1-11(7-12(11,13)14)10(17)16-6-8-4-2-3-5-9(8)15/h2-5H,6-7H2,1H3,(H,16,17)/t11-/m0/s1. The molecule has 0 spiro atoms. The van der Waals surface area contributed by atoms with Crippen molar-refractivity contribution in [2.24, 2.45) is 5.41 Å². The van der Waals surface area contributed by atoms with E-state index in [9.17, 15) is 9.18 Å². The Labute approximate surface area is 109 Å². The molecule has 0 aromatic heterocycles. The van der Waals surface area contributed by atoms with Crippen LogP contribution >= 0.6 is 23.2 Å². The number of benzene rings is 1. The summed E-state index contributed by atoms with van der Waals surface area (Å²) in [6, 6.07) is 6.30. The fraction of sp³-hybridized carbons (Fsp3) is 0.417. The fourth-order valence-electron chi connectivity index (χ4n) is 1.66. The summed E-state index contributed by atoms with van der Waals surface area (Å²) in [6.45, 7) is 1.84. The minimum absolute atomic E-state index is 0.144. The lowest BCUT2D eigenvalue weighted by Crippen LogP contribution is -2.33. The van der Waals surface area contributed by atoms with Gasteiger partial charge in [-0.05, 0) is 19.4 Å². The molecule has 1 fully saturated rings. The van der Waals surface area contributed by atoms with Crippen molar-refractivity contribution in [1.29, 1.82) is 0 Å². The highest BCUT2D eigenvalue weighted by Gasteiger charge is 2.67. The maximum Gasteiger partial charge on any atom is 0.229 e. The van der Waals surface area contributed by atoms with Gasteiger partial charge in [-0.3, -0.25) is 4.79 Å². The van der Waals surface area contributed by atoms with Gasteiger partial charge in [-0.2, -0.15) is 0 Å². The van der Waals surface area contributed by atoms with Crippen molar-refractivity contribution in [2.75, 3.05) is 0 Å². The van der Waals surface area contributed by atoms with E-state index in [4.69, 9.17) is 23.2 Å². The molecule has 1 aromatic rings. The van der Waals surface area contributed by atoms with Gasteiger partial charge >= 0.3 is 0 Å². The van der Waals surface area contributed by atoms with Crippen LogP contribution in [0.2, 0.25) is 0 Å². The molecule has 0 saturated heterocycles. The zero-order valence-corrected chi connectivity index (χ0v) is 10.8. The first kappa shape index (κ1) is 12.7. The van der Waals surface area contributed by atoms with Crippen LogP contribution in [-0.4, -0.2) is 10.2 Å². The normalized spacial score (nSPS) is 25.4. The molecule has 17 heavy (non-hydrogen) atoms. The van der Waals surface area contributed by atoms with Gasteiger partial charge in [0.25, 0.3) is 0 Å². The lowest BCUT2D eigenvalue weighted by atomic mass is 10.1. The summed E-state index contributed by atoms with van der Waals surface area (Å²) in [6.07, 6.45) is 0.423. The zero-order chi connectivity index (χ0) is 12.7. The van der Waals surface area contributed by atoms with Crippen LogP contribution in [0.3, 0.4) is 0 Å².